The highest BCUT2D eigenvalue weighted by Gasteiger charge is 2.41. The number of nitrogens with zero attached hydrogens (tertiary/aromatic N) is 5. The number of carbonyl (C=O) groups excluding carboxylic acids is 1. The Morgan fingerprint density at radius 1 is 1.15 bits per heavy atom. The van der Waals surface area contributed by atoms with Gasteiger partial charge in [0.25, 0.3) is 5.91 Å². The number of alkyl halides is 3. The minimum absolute atomic E-state index is 0.0120. The van der Waals surface area contributed by atoms with Crippen molar-refractivity contribution >= 4 is 17.8 Å². The van der Waals surface area contributed by atoms with Crippen LogP contribution in [0, 0.1) is 0 Å². The van der Waals surface area contributed by atoms with Crippen LogP contribution < -0.4 is 5.32 Å². The lowest BCUT2D eigenvalue weighted by Gasteiger charge is -2.46. The fourth-order valence-corrected chi connectivity index (χ4v) is 3.77. The Hall–Kier alpha value is -3.35. The summed E-state index contributed by atoms with van der Waals surface area (Å²) >= 11 is 0. The molecule has 0 saturated carbocycles. The number of nitrogens with one attached hydrogen (secondary N) is 1. The van der Waals surface area contributed by atoms with Crippen molar-refractivity contribution in [1.29, 1.82) is 0 Å². The van der Waals surface area contributed by atoms with Crippen molar-refractivity contribution in [3.05, 3.63) is 42.5 Å². The number of likely N-dealkylation sites (tertiary alicyclic amines) is 1. The van der Waals surface area contributed by atoms with Crippen molar-refractivity contribution in [3.8, 4) is 0 Å². The molecule has 2 N–H and O–H groups in total. The van der Waals surface area contributed by atoms with Crippen molar-refractivity contribution in [1.82, 2.24) is 25.1 Å². The van der Waals surface area contributed by atoms with Crippen LogP contribution in [0.15, 0.2) is 36.9 Å². The standard InChI is InChI=1S/C18H22N6O2.C2HF3O2/c25-16(14-2-8-21-22-13-14)24-9-4-18(5-10-24)12-15(3-11-26-18)23-17-19-6-1-7-20-17;3-2(4,5)1(6)7/h1-2,6-8,13,15H,3-5,9-12H2,(H,19,20,23);(H,6,7). The van der Waals surface area contributed by atoms with Crippen molar-refractivity contribution in [2.75, 3.05) is 25.0 Å². The van der Waals surface area contributed by atoms with Crippen LogP contribution in [0.5, 0.6) is 0 Å². The average molecular weight is 468 g/mol. The highest BCUT2D eigenvalue weighted by molar-refractivity contribution is 5.93. The summed E-state index contributed by atoms with van der Waals surface area (Å²) in [5, 5.41) is 18.1. The molecule has 4 heterocycles. The highest BCUT2D eigenvalue weighted by atomic mass is 19.4. The van der Waals surface area contributed by atoms with E-state index in [1.165, 1.54) is 6.20 Å². The summed E-state index contributed by atoms with van der Waals surface area (Å²) in [6.07, 6.45) is 4.98. The SMILES string of the molecule is O=C(O)C(F)(F)F.O=C(c1ccnnc1)N1CCC2(CC1)CC(Nc1ncccn1)CCO2. The molecule has 2 aromatic heterocycles. The second-order valence-corrected chi connectivity index (χ2v) is 7.66. The van der Waals surface area contributed by atoms with Gasteiger partial charge in [0.15, 0.2) is 0 Å². The van der Waals surface area contributed by atoms with Gasteiger partial charge in [0.05, 0.1) is 23.6 Å². The summed E-state index contributed by atoms with van der Waals surface area (Å²) in [7, 11) is 0. The van der Waals surface area contributed by atoms with Crippen molar-refractivity contribution < 1.29 is 32.6 Å². The second kappa shape index (κ2) is 10.5. The van der Waals surface area contributed by atoms with Crippen molar-refractivity contribution in [2.24, 2.45) is 0 Å². The molecule has 13 heteroatoms. The molecule has 2 fully saturated rings. The van der Waals surface area contributed by atoms with E-state index in [1.807, 2.05) is 11.0 Å². The van der Waals surface area contributed by atoms with E-state index in [2.05, 4.69) is 25.5 Å². The first-order valence-electron chi connectivity index (χ1n) is 10.2. The molecule has 33 heavy (non-hydrogen) atoms. The number of aromatic nitrogens is 4. The molecule has 2 aliphatic heterocycles. The van der Waals surface area contributed by atoms with Gasteiger partial charge in [0.2, 0.25) is 5.95 Å². The summed E-state index contributed by atoms with van der Waals surface area (Å²) < 4.78 is 37.9. The summed E-state index contributed by atoms with van der Waals surface area (Å²) in [5.41, 5.74) is 0.416. The molecule has 178 valence electrons. The molecular weight excluding hydrogens is 445 g/mol. The van der Waals surface area contributed by atoms with Gasteiger partial charge in [-0.2, -0.15) is 23.4 Å². The lowest BCUT2D eigenvalue weighted by Crippen LogP contribution is -2.52. The molecule has 2 aromatic rings. The topological polar surface area (TPSA) is 130 Å². The number of ether oxygens (including phenoxy) is 1. The van der Waals surface area contributed by atoms with E-state index in [9.17, 15) is 18.0 Å². The van der Waals surface area contributed by atoms with Crippen LogP contribution in [0.4, 0.5) is 19.1 Å². The summed E-state index contributed by atoms with van der Waals surface area (Å²) in [4.78, 5) is 31.8. The van der Waals surface area contributed by atoms with Crippen LogP contribution in [0.3, 0.4) is 0 Å². The first-order valence-corrected chi connectivity index (χ1v) is 10.2. The predicted molar refractivity (Wildman–Crippen MR) is 108 cm³/mol. The minimum Gasteiger partial charge on any atom is -0.475 e. The minimum atomic E-state index is -5.08. The maximum atomic E-state index is 12.6. The predicted octanol–water partition coefficient (Wildman–Crippen LogP) is 2.17. The number of carboxylic acids is 1. The molecule has 1 atom stereocenters. The number of hydrogen-bond acceptors (Lipinski definition) is 8. The lowest BCUT2D eigenvalue weighted by molar-refractivity contribution is -0.192. The maximum Gasteiger partial charge on any atom is 0.490 e. The van der Waals surface area contributed by atoms with Crippen molar-refractivity contribution in [2.45, 2.75) is 43.5 Å². The van der Waals surface area contributed by atoms with E-state index in [-0.39, 0.29) is 17.6 Å². The smallest absolute Gasteiger partial charge is 0.475 e. The van der Waals surface area contributed by atoms with Gasteiger partial charge < -0.3 is 20.1 Å². The van der Waals surface area contributed by atoms with Gasteiger partial charge >= 0.3 is 12.1 Å². The zero-order valence-electron chi connectivity index (χ0n) is 17.5. The highest BCUT2D eigenvalue weighted by Crippen LogP contribution is 2.36. The van der Waals surface area contributed by atoms with Crippen LogP contribution in [0.1, 0.15) is 36.0 Å². The summed E-state index contributed by atoms with van der Waals surface area (Å²) in [6.45, 7) is 2.10. The first-order chi connectivity index (χ1) is 15.7. The fraction of sp³-hybridized carbons (Fsp3) is 0.500. The van der Waals surface area contributed by atoms with E-state index in [1.54, 1.807) is 24.7 Å². The zero-order chi connectivity index (χ0) is 23.9. The number of carbonyl (C=O) groups is 2. The van der Waals surface area contributed by atoms with Gasteiger partial charge in [-0.25, -0.2) is 14.8 Å². The molecule has 4 rings (SSSR count). The molecule has 1 unspecified atom stereocenters. The number of amides is 1. The number of anilines is 1. The Labute approximate surface area is 187 Å². The number of rotatable bonds is 3. The van der Waals surface area contributed by atoms with E-state index in [0.717, 1.165) is 25.7 Å². The number of aliphatic carboxylic acids is 1. The van der Waals surface area contributed by atoms with Gasteiger partial charge in [-0.1, -0.05) is 0 Å². The van der Waals surface area contributed by atoms with E-state index < -0.39 is 12.1 Å². The van der Waals surface area contributed by atoms with Gasteiger partial charge in [-0.3, -0.25) is 4.79 Å². The Morgan fingerprint density at radius 2 is 1.82 bits per heavy atom. The molecule has 0 aromatic carbocycles. The van der Waals surface area contributed by atoms with Crippen LogP contribution >= 0.6 is 0 Å². The molecule has 2 saturated heterocycles. The monoisotopic (exact) mass is 468 g/mol. The zero-order valence-corrected chi connectivity index (χ0v) is 17.5. The van der Waals surface area contributed by atoms with Gasteiger partial charge in [0.1, 0.15) is 0 Å². The van der Waals surface area contributed by atoms with Crippen molar-refractivity contribution in [3.63, 3.8) is 0 Å². The van der Waals surface area contributed by atoms with E-state index >= 15 is 0 Å². The van der Waals surface area contributed by atoms with Crippen LogP contribution in [-0.4, -0.2) is 79.6 Å². The first kappa shape index (κ1) is 24.3. The molecule has 1 amide bonds. The fourth-order valence-electron chi connectivity index (χ4n) is 3.77. The van der Waals surface area contributed by atoms with E-state index in [4.69, 9.17) is 14.6 Å². The number of halogens is 3. The van der Waals surface area contributed by atoms with Gasteiger partial charge in [0, 0.05) is 38.1 Å². The Balaban J connectivity index is 0.000000383. The summed E-state index contributed by atoms with van der Waals surface area (Å²) in [5.74, 6) is -2.09. The molecule has 1 spiro atoms. The average Bonchev–Trinajstić information content (AvgIpc) is 2.80. The Bertz CT molecular complexity index is 924. The third kappa shape index (κ3) is 6.81. The molecule has 2 aliphatic rings. The molecule has 0 bridgehead atoms. The third-order valence-electron chi connectivity index (χ3n) is 5.43. The molecule has 10 nitrogen and oxygen atoms in total. The van der Waals surface area contributed by atoms with Gasteiger partial charge in [-0.15, -0.1) is 0 Å². The lowest BCUT2D eigenvalue weighted by atomic mass is 9.82. The number of carboxylic acid groups (broad SMARTS) is 1. The largest absolute Gasteiger partial charge is 0.490 e. The molecule has 0 aliphatic carbocycles. The van der Waals surface area contributed by atoms with Crippen LogP contribution in [-0.2, 0) is 9.53 Å². The second-order valence-electron chi connectivity index (χ2n) is 7.66. The quantitative estimate of drug-likeness (QED) is 0.696. The van der Waals surface area contributed by atoms with Gasteiger partial charge in [-0.05, 0) is 37.8 Å². The number of piperidine rings is 1. The van der Waals surface area contributed by atoms with E-state index in [0.29, 0.717) is 31.2 Å². The molecular formula is C20H23F3N6O4. The number of hydrogen-bond donors (Lipinski definition) is 2. The van der Waals surface area contributed by atoms with Crippen LogP contribution in [0.2, 0.25) is 0 Å². The summed E-state index contributed by atoms with van der Waals surface area (Å²) in [6, 6.07) is 3.80. The Morgan fingerprint density at radius 3 is 2.39 bits per heavy atom. The normalized spacial score (nSPS) is 19.8. The maximum absolute atomic E-state index is 12.6. The third-order valence-corrected chi connectivity index (χ3v) is 5.43. The molecule has 0 radical (unpaired) electrons. The Kier molecular flexibility index (Phi) is 7.74. The van der Waals surface area contributed by atoms with Crippen LogP contribution in [0.25, 0.3) is 0 Å².